The van der Waals surface area contributed by atoms with Gasteiger partial charge in [-0.15, -0.1) is 0 Å². The molecular weight excluding hydrogens is 310 g/mol. The third-order valence-corrected chi connectivity index (χ3v) is 4.75. The van der Waals surface area contributed by atoms with Crippen molar-refractivity contribution in [2.24, 2.45) is 0 Å². The van der Waals surface area contributed by atoms with E-state index < -0.39 is 10.0 Å². The van der Waals surface area contributed by atoms with E-state index in [2.05, 4.69) is 10.0 Å². The Morgan fingerprint density at radius 3 is 2.62 bits per heavy atom. The van der Waals surface area contributed by atoms with Crippen LogP contribution >= 0.6 is 11.6 Å². The van der Waals surface area contributed by atoms with Gasteiger partial charge in [0.25, 0.3) is 10.0 Å². The Kier molecular flexibility index (Phi) is 4.92. The predicted octanol–water partition coefficient (Wildman–Crippen LogP) is 2.68. The maximum Gasteiger partial charge on any atom is 0.263 e. The summed E-state index contributed by atoms with van der Waals surface area (Å²) in [6, 6.07) is 8.42. The summed E-state index contributed by atoms with van der Waals surface area (Å²) in [7, 11) is -1.83. The molecule has 2 rings (SSSR count). The lowest BCUT2D eigenvalue weighted by molar-refractivity contribution is 0.600. The van der Waals surface area contributed by atoms with Crippen LogP contribution in [0.25, 0.3) is 0 Å². The van der Waals surface area contributed by atoms with Crippen molar-refractivity contribution in [1.29, 1.82) is 0 Å². The molecule has 2 aromatic rings. The van der Waals surface area contributed by atoms with Crippen LogP contribution in [-0.4, -0.2) is 20.0 Å². The third kappa shape index (κ3) is 3.58. The Bertz CT molecular complexity index is 726. The number of hydrogen-bond donors (Lipinski definition) is 2. The summed E-state index contributed by atoms with van der Waals surface area (Å²) in [4.78, 5) is 0.231. The van der Waals surface area contributed by atoms with Gasteiger partial charge in [-0.2, -0.15) is 0 Å². The Balaban J connectivity index is 2.34. The van der Waals surface area contributed by atoms with Crippen LogP contribution < -0.4 is 10.0 Å². The fraction of sp³-hybridized carbons (Fsp3) is 0.286. The quantitative estimate of drug-likeness (QED) is 0.857. The SMILES string of the molecule is CCn1cc(S(=O)(=O)Nc2ccccc2Cl)cc1CNC. The van der Waals surface area contributed by atoms with Crippen molar-refractivity contribution in [1.82, 2.24) is 9.88 Å². The number of rotatable bonds is 6. The van der Waals surface area contributed by atoms with Crippen LogP contribution in [0.15, 0.2) is 41.4 Å². The fourth-order valence-electron chi connectivity index (χ4n) is 2.04. The predicted molar refractivity (Wildman–Crippen MR) is 85.1 cm³/mol. The molecule has 1 aromatic carbocycles. The first kappa shape index (κ1) is 15.9. The molecular formula is C14H18ClN3O2S. The summed E-state index contributed by atoms with van der Waals surface area (Å²) in [6.07, 6.45) is 1.63. The molecule has 0 saturated heterocycles. The number of benzene rings is 1. The molecule has 0 radical (unpaired) electrons. The lowest BCUT2D eigenvalue weighted by atomic mass is 10.3. The monoisotopic (exact) mass is 327 g/mol. The molecule has 0 fully saturated rings. The average molecular weight is 328 g/mol. The lowest BCUT2D eigenvalue weighted by Crippen LogP contribution is -2.12. The van der Waals surface area contributed by atoms with Crippen molar-refractivity contribution >= 4 is 27.3 Å². The number of sulfonamides is 1. The summed E-state index contributed by atoms with van der Waals surface area (Å²) in [5.74, 6) is 0. The minimum absolute atomic E-state index is 0.231. The molecule has 0 aliphatic heterocycles. The number of nitrogens with zero attached hydrogens (tertiary/aromatic N) is 1. The summed E-state index contributed by atoms with van der Waals surface area (Å²) in [5.41, 5.74) is 1.29. The molecule has 1 heterocycles. The Morgan fingerprint density at radius 2 is 2.00 bits per heavy atom. The molecule has 0 spiro atoms. The zero-order valence-electron chi connectivity index (χ0n) is 11.9. The summed E-state index contributed by atoms with van der Waals surface area (Å²) in [5, 5.41) is 3.39. The van der Waals surface area contributed by atoms with Crippen molar-refractivity contribution in [3.63, 3.8) is 0 Å². The molecule has 0 bridgehead atoms. The highest BCUT2D eigenvalue weighted by Crippen LogP contribution is 2.24. The van der Waals surface area contributed by atoms with Gasteiger partial charge in [0.05, 0.1) is 10.7 Å². The minimum atomic E-state index is -3.65. The molecule has 0 atom stereocenters. The Labute approximate surface area is 130 Å². The van der Waals surface area contributed by atoms with E-state index in [9.17, 15) is 8.42 Å². The maximum atomic E-state index is 12.4. The molecule has 0 aliphatic carbocycles. The van der Waals surface area contributed by atoms with Gasteiger partial charge in [0.1, 0.15) is 4.90 Å². The van der Waals surface area contributed by atoms with Gasteiger partial charge in [-0.05, 0) is 32.2 Å². The molecule has 1 aromatic heterocycles. The van der Waals surface area contributed by atoms with Gasteiger partial charge in [0.15, 0.2) is 0 Å². The van der Waals surface area contributed by atoms with Crippen LogP contribution in [-0.2, 0) is 23.1 Å². The van der Waals surface area contributed by atoms with Crippen LogP contribution in [0.2, 0.25) is 5.02 Å². The Morgan fingerprint density at radius 1 is 1.29 bits per heavy atom. The molecule has 114 valence electrons. The van der Waals surface area contributed by atoms with E-state index in [-0.39, 0.29) is 4.90 Å². The standard InChI is InChI=1S/C14H18ClN3O2S/c1-3-18-10-12(8-11(18)9-16-2)21(19,20)17-14-7-5-4-6-13(14)15/h4-8,10,16-17H,3,9H2,1-2H3. The highest BCUT2D eigenvalue weighted by Gasteiger charge is 2.19. The highest BCUT2D eigenvalue weighted by molar-refractivity contribution is 7.92. The van der Waals surface area contributed by atoms with Crippen LogP contribution in [0.5, 0.6) is 0 Å². The fourth-order valence-corrected chi connectivity index (χ4v) is 3.43. The molecule has 2 N–H and O–H groups in total. The van der Waals surface area contributed by atoms with Crippen molar-refractivity contribution in [3.8, 4) is 0 Å². The third-order valence-electron chi connectivity index (χ3n) is 3.09. The van der Waals surface area contributed by atoms with Crippen molar-refractivity contribution in [2.75, 3.05) is 11.8 Å². The number of nitrogens with one attached hydrogen (secondary N) is 2. The first-order chi connectivity index (χ1) is 9.97. The van der Waals surface area contributed by atoms with Crippen molar-refractivity contribution in [3.05, 3.63) is 47.2 Å². The molecule has 0 saturated carbocycles. The van der Waals surface area contributed by atoms with E-state index >= 15 is 0 Å². The van der Waals surface area contributed by atoms with Crippen LogP contribution in [0.4, 0.5) is 5.69 Å². The van der Waals surface area contributed by atoms with Crippen molar-refractivity contribution in [2.45, 2.75) is 24.9 Å². The maximum absolute atomic E-state index is 12.4. The first-order valence-electron chi connectivity index (χ1n) is 6.59. The number of aromatic nitrogens is 1. The topological polar surface area (TPSA) is 63.1 Å². The summed E-state index contributed by atoms with van der Waals surface area (Å²) >= 11 is 5.99. The van der Waals surface area contributed by atoms with Crippen molar-refractivity contribution < 1.29 is 8.42 Å². The average Bonchev–Trinajstić information content (AvgIpc) is 2.86. The second-order valence-electron chi connectivity index (χ2n) is 4.57. The van der Waals surface area contributed by atoms with Gasteiger partial charge in [0.2, 0.25) is 0 Å². The molecule has 0 aliphatic rings. The normalized spacial score (nSPS) is 11.6. The Hall–Kier alpha value is -1.50. The van der Waals surface area contributed by atoms with E-state index in [4.69, 9.17) is 11.6 Å². The largest absolute Gasteiger partial charge is 0.349 e. The van der Waals surface area contributed by atoms with E-state index in [1.54, 1.807) is 36.5 Å². The minimum Gasteiger partial charge on any atom is -0.349 e. The summed E-state index contributed by atoms with van der Waals surface area (Å²) in [6.45, 7) is 3.28. The van der Waals surface area contributed by atoms with Crippen LogP contribution in [0.1, 0.15) is 12.6 Å². The van der Waals surface area contributed by atoms with E-state index in [1.165, 1.54) is 0 Å². The van der Waals surface area contributed by atoms with Gasteiger partial charge in [-0.25, -0.2) is 8.42 Å². The number of hydrogen-bond acceptors (Lipinski definition) is 3. The van der Waals surface area contributed by atoms with Gasteiger partial charge < -0.3 is 9.88 Å². The zero-order valence-corrected chi connectivity index (χ0v) is 13.5. The van der Waals surface area contributed by atoms with Gasteiger partial charge in [0, 0.05) is 25.0 Å². The highest BCUT2D eigenvalue weighted by atomic mass is 35.5. The van der Waals surface area contributed by atoms with Gasteiger partial charge in [-0.3, -0.25) is 4.72 Å². The number of aryl methyl sites for hydroxylation is 1. The molecule has 0 amide bonds. The van der Waals surface area contributed by atoms with Gasteiger partial charge >= 0.3 is 0 Å². The molecule has 0 unspecified atom stereocenters. The zero-order chi connectivity index (χ0) is 15.5. The van der Waals surface area contributed by atoms with E-state index in [1.807, 2.05) is 18.5 Å². The number of halogens is 1. The van der Waals surface area contributed by atoms with Crippen LogP contribution in [0.3, 0.4) is 0 Å². The van der Waals surface area contributed by atoms with Gasteiger partial charge in [-0.1, -0.05) is 23.7 Å². The molecule has 21 heavy (non-hydrogen) atoms. The van der Waals surface area contributed by atoms with E-state index in [0.29, 0.717) is 23.8 Å². The number of anilines is 1. The number of para-hydroxylation sites is 1. The second kappa shape index (κ2) is 6.51. The smallest absolute Gasteiger partial charge is 0.263 e. The lowest BCUT2D eigenvalue weighted by Gasteiger charge is -2.07. The first-order valence-corrected chi connectivity index (χ1v) is 8.45. The molecule has 7 heteroatoms. The second-order valence-corrected chi connectivity index (χ2v) is 6.66. The van der Waals surface area contributed by atoms with E-state index in [0.717, 1.165) is 5.69 Å². The summed E-state index contributed by atoms with van der Waals surface area (Å²) < 4.78 is 29.3. The molecule has 5 nitrogen and oxygen atoms in total. The van der Waals surface area contributed by atoms with Crippen LogP contribution in [0, 0.1) is 0 Å².